The fourth-order valence-corrected chi connectivity index (χ4v) is 3.64. The molecule has 0 radical (unpaired) electrons. The molecular weight excluding hydrogens is 438 g/mol. The summed E-state index contributed by atoms with van der Waals surface area (Å²) >= 11 is 0. The number of allylic oxidation sites excluding steroid dienone is 2. The molecule has 2 N–H and O–H groups in total. The second kappa shape index (κ2) is 9.08. The third kappa shape index (κ3) is 4.41. The average Bonchev–Trinajstić information content (AvgIpc) is 3.01. The number of carbonyl (C=O) groups excluding carboxylic acids is 2. The van der Waals surface area contributed by atoms with Crippen LogP contribution in [0, 0.1) is 0 Å². The summed E-state index contributed by atoms with van der Waals surface area (Å²) in [5.74, 6) is -2.20. The first kappa shape index (κ1) is 22.8. The maximum absolute atomic E-state index is 12.6. The van der Waals surface area contributed by atoms with Gasteiger partial charge in [-0.3, -0.25) is 4.55 Å². The van der Waals surface area contributed by atoms with Crippen molar-refractivity contribution in [1.82, 2.24) is 0 Å². The SMILES string of the molecule is COC(=O)C1=C(C(=O)OC)N(c2cc(S(=O)(=O)O)cc(-c3ccccc3)c2O)C=CC=C1. The Bertz CT molecular complexity index is 1260. The van der Waals surface area contributed by atoms with Crippen LogP contribution in [-0.4, -0.2) is 44.2 Å². The van der Waals surface area contributed by atoms with Gasteiger partial charge in [0.15, 0.2) is 0 Å². The van der Waals surface area contributed by atoms with Crippen molar-refractivity contribution >= 4 is 27.7 Å². The first-order valence-electron chi connectivity index (χ1n) is 9.14. The normalized spacial score (nSPS) is 13.7. The lowest BCUT2D eigenvalue weighted by atomic mass is 10.0. The molecule has 10 heteroatoms. The summed E-state index contributed by atoms with van der Waals surface area (Å²) in [4.78, 5) is 25.5. The first-order chi connectivity index (χ1) is 15.2. The molecule has 0 saturated heterocycles. The van der Waals surface area contributed by atoms with Gasteiger partial charge in [0.2, 0.25) is 0 Å². The smallest absolute Gasteiger partial charge is 0.355 e. The fourth-order valence-electron chi connectivity index (χ4n) is 3.11. The van der Waals surface area contributed by atoms with Crippen LogP contribution < -0.4 is 4.90 Å². The van der Waals surface area contributed by atoms with Crippen LogP contribution in [0.2, 0.25) is 0 Å². The molecule has 1 aliphatic heterocycles. The Morgan fingerprint density at radius 1 is 0.969 bits per heavy atom. The van der Waals surface area contributed by atoms with E-state index >= 15 is 0 Å². The summed E-state index contributed by atoms with van der Waals surface area (Å²) < 4.78 is 43.2. The summed E-state index contributed by atoms with van der Waals surface area (Å²) in [7, 11) is -2.47. The van der Waals surface area contributed by atoms with E-state index < -0.39 is 32.7 Å². The van der Waals surface area contributed by atoms with E-state index in [-0.39, 0.29) is 22.5 Å². The molecule has 0 aromatic heterocycles. The largest absolute Gasteiger partial charge is 0.505 e. The topological polar surface area (TPSA) is 130 Å². The lowest BCUT2D eigenvalue weighted by molar-refractivity contribution is -0.139. The molecule has 0 spiro atoms. The predicted molar refractivity (Wildman–Crippen MR) is 115 cm³/mol. The van der Waals surface area contributed by atoms with Crippen LogP contribution in [0.3, 0.4) is 0 Å². The number of ether oxygens (including phenoxy) is 2. The van der Waals surface area contributed by atoms with Crippen molar-refractivity contribution in [3.63, 3.8) is 0 Å². The van der Waals surface area contributed by atoms with Crippen LogP contribution in [0.5, 0.6) is 5.75 Å². The standard InChI is InChI=1S/C22H19NO8S/c1-30-21(25)16-10-6-7-11-23(19(16)22(26)31-2)18-13-15(32(27,28)29)12-17(20(18)24)14-8-4-3-5-9-14/h3-13,24H,1-2H3,(H,27,28,29). The molecule has 1 aliphatic rings. The van der Waals surface area contributed by atoms with E-state index in [1.54, 1.807) is 30.3 Å². The highest BCUT2D eigenvalue weighted by molar-refractivity contribution is 7.85. The molecule has 2 aromatic carbocycles. The van der Waals surface area contributed by atoms with Gasteiger partial charge in [-0.25, -0.2) is 9.59 Å². The highest BCUT2D eigenvalue weighted by Crippen LogP contribution is 2.42. The van der Waals surface area contributed by atoms with E-state index in [0.29, 0.717) is 5.56 Å². The molecule has 1 heterocycles. The van der Waals surface area contributed by atoms with Gasteiger partial charge in [0, 0.05) is 11.8 Å². The number of methoxy groups -OCH3 is 2. The number of benzene rings is 2. The number of nitrogens with zero attached hydrogens (tertiary/aromatic N) is 1. The van der Waals surface area contributed by atoms with Crippen molar-refractivity contribution in [2.75, 3.05) is 19.1 Å². The molecule has 0 atom stereocenters. The summed E-state index contributed by atoms with van der Waals surface area (Å²) in [6.07, 6.45) is 5.56. The Kier molecular flexibility index (Phi) is 6.47. The van der Waals surface area contributed by atoms with E-state index in [4.69, 9.17) is 9.47 Å². The van der Waals surface area contributed by atoms with Gasteiger partial charge in [-0.1, -0.05) is 36.4 Å². The van der Waals surface area contributed by atoms with Gasteiger partial charge in [-0.2, -0.15) is 8.42 Å². The number of carbonyl (C=O) groups is 2. The molecule has 3 rings (SSSR count). The second-order valence-electron chi connectivity index (χ2n) is 6.50. The van der Waals surface area contributed by atoms with Crippen LogP contribution >= 0.6 is 0 Å². The molecule has 0 fully saturated rings. The van der Waals surface area contributed by atoms with Crippen molar-refractivity contribution in [2.45, 2.75) is 4.90 Å². The van der Waals surface area contributed by atoms with Crippen molar-refractivity contribution in [2.24, 2.45) is 0 Å². The molecular formula is C22H19NO8S. The van der Waals surface area contributed by atoms with Gasteiger partial charge >= 0.3 is 11.9 Å². The maximum Gasteiger partial charge on any atom is 0.355 e. The molecule has 0 amide bonds. The zero-order valence-electron chi connectivity index (χ0n) is 17.1. The van der Waals surface area contributed by atoms with E-state index in [1.165, 1.54) is 24.4 Å². The van der Waals surface area contributed by atoms with Gasteiger partial charge in [-0.05, 0) is 29.8 Å². The molecule has 166 valence electrons. The van der Waals surface area contributed by atoms with E-state index in [2.05, 4.69) is 0 Å². The van der Waals surface area contributed by atoms with E-state index in [0.717, 1.165) is 31.3 Å². The maximum atomic E-state index is 12.6. The van der Waals surface area contributed by atoms with Crippen LogP contribution in [0.1, 0.15) is 0 Å². The van der Waals surface area contributed by atoms with E-state index in [1.807, 2.05) is 0 Å². The van der Waals surface area contributed by atoms with Crippen LogP contribution in [0.4, 0.5) is 5.69 Å². The van der Waals surface area contributed by atoms with Gasteiger partial charge < -0.3 is 19.5 Å². The summed E-state index contributed by atoms with van der Waals surface area (Å²) in [6, 6.07) is 10.4. The van der Waals surface area contributed by atoms with E-state index in [9.17, 15) is 27.7 Å². The minimum Gasteiger partial charge on any atom is -0.505 e. The fraction of sp³-hybridized carbons (Fsp3) is 0.0909. The number of phenolic OH excluding ortho intramolecular Hbond substituents is 1. The van der Waals surface area contributed by atoms with Crippen LogP contribution in [0.15, 0.2) is 83.1 Å². The first-order valence-corrected chi connectivity index (χ1v) is 10.6. The Balaban J connectivity index is 2.38. The Morgan fingerprint density at radius 2 is 1.62 bits per heavy atom. The number of hydrogen-bond acceptors (Lipinski definition) is 8. The molecule has 0 saturated carbocycles. The summed E-state index contributed by atoms with van der Waals surface area (Å²) in [5.41, 5.74) is -0.190. The molecule has 32 heavy (non-hydrogen) atoms. The van der Waals surface area contributed by atoms with Crippen molar-refractivity contribution in [1.29, 1.82) is 0 Å². The number of anilines is 1. The predicted octanol–water partition coefficient (Wildman–Crippen LogP) is 2.80. The van der Waals surface area contributed by atoms with Gasteiger partial charge in [-0.15, -0.1) is 0 Å². The highest BCUT2D eigenvalue weighted by atomic mass is 32.2. The van der Waals surface area contributed by atoms with Crippen molar-refractivity contribution < 1.29 is 37.1 Å². The molecule has 0 bridgehead atoms. The Hall–Kier alpha value is -3.89. The second-order valence-corrected chi connectivity index (χ2v) is 7.92. The number of phenols is 1. The Labute approximate surface area is 184 Å². The summed E-state index contributed by atoms with van der Waals surface area (Å²) in [5, 5.41) is 11.1. The number of esters is 2. The number of rotatable bonds is 5. The minimum atomic E-state index is -4.70. The third-order valence-corrected chi connectivity index (χ3v) is 5.43. The number of hydrogen-bond donors (Lipinski definition) is 2. The monoisotopic (exact) mass is 457 g/mol. The van der Waals surface area contributed by atoms with Crippen LogP contribution in [-0.2, 0) is 29.2 Å². The Morgan fingerprint density at radius 3 is 2.22 bits per heavy atom. The lowest BCUT2D eigenvalue weighted by Gasteiger charge is -2.25. The number of aromatic hydroxyl groups is 1. The molecule has 0 unspecified atom stereocenters. The quantitative estimate of drug-likeness (QED) is 0.514. The minimum absolute atomic E-state index is 0.0742. The molecule has 2 aromatic rings. The molecule has 9 nitrogen and oxygen atoms in total. The van der Waals surface area contributed by atoms with Gasteiger partial charge in [0.25, 0.3) is 10.1 Å². The van der Waals surface area contributed by atoms with Gasteiger partial charge in [0.05, 0.1) is 30.4 Å². The summed E-state index contributed by atoms with van der Waals surface area (Å²) in [6.45, 7) is 0. The van der Waals surface area contributed by atoms with Crippen molar-refractivity contribution in [3.8, 4) is 16.9 Å². The van der Waals surface area contributed by atoms with Gasteiger partial charge in [0.1, 0.15) is 11.4 Å². The van der Waals surface area contributed by atoms with Crippen LogP contribution in [0.25, 0.3) is 11.1 Å². The molecule has 0 aliphatic carbocycles. The zero-order valence-corrected chi connectivity index (χ0v) is 17.9. The lowest BCUT2D eigenvalue weighted by Crippen LogP contribution is -2.27. The van der Waals surface area contributed by atoms with Crippen molar-refractivity contribution in [3.05, 3.63) is 78.2 Å². The highest BCUT2D eigenvalue weighted by Gasteiger charge is 2.30. The average molecular weight is 457 g/mol. The zero-order chi connectivity index (χ0) is 23.5. The third-order valence-electron chi connectivity index (χ3n) is 4.59.